The van der Waals surface area contributed by atoms with E-state index in [4.69, 9.17) is 4.74 Å². The van der Waals surface area contributed by atoms with Gasteiger partial charge in [0.25, 0.3) is 5.91 Å². The number of carbonyl (C=O) groups is 1. The fraction of sp³-hybridized carbons (Fsp3) is 0.158. The molecule has 0 fully saturated rings. The number of aryl methyl sites for hydroxylation is 2. The summed E-state index contributed by atoms with van der Waals surface area (Å²) in [7, 11) is 1.62. The van der Waals surface area contributed by atoms with Gasteiger partial charge in [0, 0.05) is 18.0 Å². The summed E-state index contributed by atoms with van der Waals surface area (Å²) < 4.78 is 7.00. The predicted molar refractivity (Wildman–Crippen MR) is 94.0 cm³/mol. The van der Waals surface area contributed by atoms with Crippen molar-refractivity contribution in [1.29, 1.82) is 0 Å². The highest BCUT2D eigenvalue weighted by Gasteiger charge is 2.13. The van der Waals surface area contributed by atoms with Gasteiger partial charge in [0.15, 0.2) is 5.69 Å². The van der Waals surface area contributed by atoms with Gasteiger partial charge in [-0.3, -0.25) is 4.79 Å². The summed E-state index contributed by atoms with van der Waals surface area (Å²) >= 11 is 0. The van der Waals surface area contributed by atoms with Gasteiger partial charge in [0.05, 0.1) is 12.8 Å². The quantitative estimate of drug-likeness (QED) is 0.796. The van der Waals surface area contributed by atoms with Gasteiger partial charge < -0.3 is 10.1 Å². The van der Waals surface area contributed by atoms with E-state index in [-0.39, 0.29) is 5.91 Å². The van der Waals surface area contributed by atoms with E-state index in [1.165, 1.54) is 0 Å². The average Bonchev–Trinajstić information content (AvgIpc) is 3.08. The normalized spacial score (nSPS) is 10.5. The number of rotatable bonds is 4. The lowest BCUT2D eigenvalue weighted by Gasteiger charge is -2.12. The molecule has 5 heteroatoms. The Morgan fingerprint density at radius 1 is 1.08 bits per heavy atom. The number of amides is 1. The first kappa shape index (κ1) is 15.8. The zero-order valence-corrected chi connectivity index (χ0v) is 13.9. The molecule has 2 aromatic carbocycles. The third-order valence-electron chi connectivity index (χ3n) is 3.83. The Labute approximate surface area is 140 Å². The molecule has 0 saturated carbocycles. The number of nitrogens with one attached hydrogen (secondary N) is 1. The Kier molecular flexibility index (Phi) is 4.33. The molecule has 0 unspecified atom stereocenters. The molecule has 0 bridgehead atoms. The van der Waals surface area contributed by atoms with E-state index in [1.807, 2.05) is 56.3 Å². The summed E-state index contributed by atoms with van der Waals surface area (Å²) in [4.78, 5) is 12.5. The van der Waals surface area contributed by atoms with E-state index in [2.05, 4.69) is 10.4 Å². The van der Waals surface area contributed by atoms with E-state index in [0.29, 0.717) is 5.69 Å². The van der Waals surface area contributed by atoms with Crippen LogP contribution in [0.1, 0.15) is 21.6 Å². The maximum Gasteiger partial charge on any atom is 0.276 e. The van der Waals surface area contributed by atoms with Gasteiger partial charge in [-0.1, -0.05) is 24.3 Å². The van der Waals surface area contributed by atoms with Crippen molar-refractivity contribution in [3.63, 3.8) is 0 Å². The molecule has 1 N–H and O–H groups in total. The van der Waals surface area contributed by atoms with Crippen LogP contribution in [0.2, 0.25) is 0 Å². The van der Waals surface area contributed by atoms with Crippen LogP contribution in [0.4, 0.5) is 5.69 Å². The Morgan fingerprint density at radius 2 is 1.83 bits per heavy atom. The molecule has 24 heavy (non-hydrogen) atoms. The molecule has 1 amide bonds. The molecular weight excluding hydrogens is 302 g/mol. The maximum atomic E-state index is 12.5. The van der Waals surface area contributed by atoms with E-state index in [0.717, 1.165) is 28.3 Å². The van der Waals surface area contributed by atoms with Gasteiger partial charge in [-0.15, -0.1) is 0 Å². The van der Waals surface area contributed by atoms with Crippen LogP contribution in [0.5, 0.6) is 5.75 Å². The SMILES string of the molecule is COc1cc(NC(=O)c2ccn(-c3ccccc3)n2)c(C)cc1C. The van der Waals surface area contributed by atoms with Crippen molar-refractivity contribution in [2.75, 3.05) is 12.4 Å². The minimum atomic E-state index is -0.251. The number of ether oxygens (including phenoxy) is 1. The summed E-state index contributed by atoms with van der Waals surface area (Å²) in [6.45, 7) is 3.92. The summed E-state index contributed by atoms with van der Waals surface area (Å²) in [5, 5.41) is 7.24. The molecule has 0 saturated heterocycles. The van der Waals surface area contributed by atoms with Crippen LogP contribution < -0.4 is 10.1 Å². The molecule has 0 aliphatic heterocycles. The zero-order valence-electron chi connectivity index (χ0n) is 13.9. The van der Waals surface area contributed by atoms with Gasteiger partial charge in [-0.2, -0.15) is 5.10 Å². The number of aromatic nitrogens is 2. The number of carbonyl (C=O) groups excluding carboxylic acids is 1. The van der Waals surface area contributed by atoms with Gasteiger partial charge in [-0.05, 0) is 43.2 Å². The van der Waals surface area contributed by atoms with E-state index < -0.39 is 0 Å². The Bertz CT molecular complexity index is 870. The van der Waals surface area contributed by atoms with Gasteiger partial charge >= 0.3 is 0 Å². The number of hydrogen-bond acceptors (Lipinski definition) is 3. The molecular formula is C19H19N3O2. The van der Waals surface area contributed by atoms with Crippen LogP contribution in [-0.2, 0) is 0 Å². The zero-order chi connectivity index (χ0) is 17.1. The lowest BCUT2D eigenvalue weighted by molar-refractivity contribution is 0.102. The standard InChI is InChI=1S/C19H19N3O2/c1-13-11-14(2)18(24-3)12-17(13)20-19(23)16-9-10-22(21-16)15-7-5-4-6-8-15/h4-12H,1-3H3,(H,20,23). The second-order valence-electron chi connectivity index (χ2n) is 5.57. The van der Waals surface area contributed by atoms with Crippen LogP contribution in [0.15, 0.2) is 54.7 Å². The largest absolute Gasteiger partial charge is 0.496 e. The molecule has 5 nitrogen and oxygen atoms in total. The highest BCUT2D eigenvalue weighted by molar-refractivity contribution is 6.03. The Balaban J connectivity index is 1.82. The highest BCUT2D eigenvalue weighted by Crippen LogP contribution is 2.26. The summed E-state index contributed by atoms with van der Waals surface area (Å²) in [5.74, 6) is 0.490. The van der Waals surface area contributed by atoms with E-state index in [1.54, 1.807) is 24.1 Å². The van der Waals surface area contributed by atoms with Crippen LogP contribution >= 0.6 is 0 Å². The third-order valence-corrected chi connectivity index (χ3v) is 3.83. The van der Waals surface area contributed by atoms with Crippen molar-refractivity contribution in [1.82, 2.24) is 9.78 Å². The first-order valence-electron chi connectivity index (χ1n) is 7.66. The molecule has 1 heterocycles. The minimum Gasteiger partial charge on any atom is -0.496 e. The molecule has 0 atom stereocenters. The summed E-state index contributed by atoms with van der Waals surface area (Å²) in [6.07, 6.45) is 1.77. The second-order valence-corrected chi connectivity index (χ2v) is 5.57. The van der Waals surface area contributed by atoms with Crippen molar-refractivity contribution >= 4 is 11.6 Å². The molecule has 122 valence electrons. The van der Waals surface area contributed by atoms with E-state index in [9.17, 15) is 4.79 Å². The summed E-state index contributed by atoms with van der Waals surface area (Å²) in [5.41, 5.74) is 3.99. The topological polar surface area (TPSA) is 56.1 Å². The van der Waals surface area contributed by atoms with Crippen LogP contribution in [0.3, 0.4) is 0 Å². The number of hydrogen-bond donors (Lipinski definition) is 1. The summed E-state index contributed by atoms with van der Waals surface area (Å²) in [6, 6.07) is 15.2. The number of anilines is 1. The number of benzene rings is 2. The lowest BCUT2D eigenvalue weighted by atomic mass is 10.1. The van der Waals surface area contributed by atoms with Crippen molar-refractivity contribution in [2.24, 2.45) is 0 Å². The second kappa shape index (κ2) is 6.58. The molecule has 0 aliphatic carbocycles. The van der Waals surface area contributed by atoms with Gasteiger partial charge in [0.1, 0.15) is 5.75 Å². The van der Waals surface area contributed by atoms with Gasteiger partial charge in [0.2, 0.25) is 0 Å². The van der Waals surface area contributed by atoms with Crippen molar-refractivity contribution in [2.45, 2.75) is 13.8 Å². The Hall–Kier alpha value is -3.08. The van der Waals surface area contributed by atoms with Crippen LogP contribution in [-0.4, -0.2) is 22.8 Å². The maximum absolute atomic E-state index is 12.5. The molecule has 1 aromatic heterocycles. The third kappa shape index (κ3) is 3.15. The molecule has 0 spiro atoms. The van der Waals surface area contributed by atoms with E-state index >= 15 is 0 Å². The first-order chi connectivity index (χ1) is 11.6. The Morgan fingerprint density at radius 3 is 2.54 bits per heavy atom. The number of nitrogens with zero attached hydrogens (tertiary/aromatic N) is 2. The monoisotopic (exact) mass is 321 g/mol. The fourth-order valence-corrected chi connectivity index (χ4v) is 2.54. The van der Waals surface area contributed by atoms with Crippen LogP contribution in [0, 0.1) is 13.8 Å². The number of methoxy groups -OCH3 is 1. The highest BCUT2D eigenvalue weighted by atomic mass is 16.5. The van der Waals surface area contributed by atoms with Crippen molar-refractivity contribution in [3.05, 3.63) is 71.5 Å². The fourth-order valence-electron chi connectivity index (χ4n) is 2.54. The molecule has 0 radical (unpaired) electrons. The molecule has 0 aliphatic rings. The predicted octanol–water partition coefficient (Wildman–Crippen LogP) is 3.75. The van der Waals surface area contributed by atoms with Gasteiger partial charge in [-0.25, -0.2) is 4.68 Å². The van der Waals surface area contributed by atoms with Crippen molar-refractivity contribution < 1.29 is 9.53 Å². The lowest BCUT2D eigenvalue weighted by Crippen LogP contribution is -2.14. The minimum absolute atomic E-state index is 0.251. The average molecular weight is 321 g/mol. The van der Waals surface area contributed by atoms with Crippen molar-refractivity contribution in [3.8, 4) is 11.4 Å². The first-order valence-corrected chi connectivity index (χ1v) is 7.66. The number of para-hydroxylation sites is 1. The van der Waals surface area contributed by atoms with Crippen LogP contribution in [0.25, 0.3) is 5.69 Å². The molecule has 3 rings (SSSR count). The molecule has 3 aromatic rings. The smallest absolute Gasteiger partial charge is 0.276 e.